The number of amides is 1. The largest absolute Gasteiger partial charge is 0.507 e. The molecule has 5 heteroatoms. The average molecular weight is 290 g/mol. The van der Waals surface area contributed by atoms with Gasteiger partial charge in [-0.05, 0) is 44.9 Å². The van der Waals surface area contributed by atoms with Crippen LogP contribution in [-0.4, -0.2) is 46.2 Å². The lowest BCUT2D eigenvalue weighted by molar-refractivity contribution is 0.0462. The van der Waals surface area contributed by atoms with Crippen LogP contribution in [-0.2, 0) is 0 Å². The minimum atomic E-state index is -0.391. The zero-order chi connectivity index (χ0) is 15.0. The van der Waals surface area contributed by atoms with Crippen molar-refractivity contribution in [3.8, 4) is 11.5 Å². The van der Waals surface area contributed by atoms with E-state index < -0.39 is 5.91 Å². The van der Waals surface area contributed by atoms with Gasteiger partial charge in [-0.3, -0.25) is 4.79 Å². The number of carbonyl (C=O) groups is 1. The molecule has 2 atom stereocenters. The lowest BCUT2D eigenvalue weighted by atomic mass is 9.82. The number of rotatable bonds is 2. The van der Waals surface area contributed by atoms with Crippen molar-refractivity contribution >= 4 is 5.91 Å². The number of fused-ring (bicyclic) bond motifs is 2. The molecule has 0 spiro atoms. The Balaban J connectivity index is 1.71. The molecule has 0 aliphatic carbocycles. The van der Waals surface area contributed by atoms with Crippen LogP contribution >= 0.6 is 0 Å². The number of nitrogens with zero attached hydrogens (tertiary/aromatic N) is 1. The normalized spacial score (nSPS) is 29.1. The Bertz CT molecular complexity index is 512. The highest BCUT2D eigenvalue weighted by molar-refractivity contribution is 5.99. The monoisotopic (exact) mass is 290 g/mol. The molecule has 2 heterocycles. The Kier molecular flexibility index (Phi) is 3.76. The highest BCUT2D eigenvalue weighted by Gasteiger charge is 2.36. The van der Waals surface area contributed by atoms with Gasteiger partial charge in [0.15, 0.2) is 0 Å². The molecule has 0 aromatic heterocycles. The van der Waals surface area contributed by atoms with Crippen LogP contribution in [0.2, 0.25) is 0 Å². The molecule has 2 aliphatic heterocycles. The number of phenolic OH excluding ortho intramolecular Hbond substituents is 2. The van der Waals surface area contributed by atoms with Gasteiger partial charge < -0.3 is 20.4 Å². The third-order valence-corrected chi connectivity index (χ3v) is 4.92. The number of carbonyl (C=O) groups excluding carboxylic acids is 1. The summed E-state index contributed by atoms with van der Waals surface area (Å²) in [6.07, 6.45) is 5.50. The maximum atomic E-state index is 12.3. The van der Waals surface area contributed by atoms with Crippen molar-refractivity contribution in [2.45, 2.75) is 50.2 Å². The number of phenols is 2. The molecule has 21 heavy (non-hydrogen) atoms. The Morgan fingerprint density at radius 2 is 1.76 bits per heavy atom. The summed E-state index contributed by atoms with van der Waals surface area (Å²) in [5.41, 5.74) is -0.0263. The van der Waals surface area contributed by atoms with E-state index in [4.69, 9.17) is 0 Å². The summed E-state index contributed by atoms with van der Waals surface area (Å²) in [6.45, 7) is 0. The Labute approximate surface area is 124 Å². The first-order chi connectivity index (χ1) is 10.1. The van der Waals surface area contributed by atoms with E-state index in [-0.39, 0.29) is 23.1 Å². The Morgan fingerprint density at radius 1 is 1.19 bits per heavy atom. The molecule has 0 saturated carbocycles. The van der Waals surface area contributed by atoms with Gasteiger partial charge in [0.1, 0.15) is 17.1 Å². The fourth-order valence-corrected chi connectivity index (χ4v) is 3.75. The molecular formula is C16H22N2O3. The molecule has 3 N–H and O–H groups in total. The fraction of sp³-hybridized carbons (Fsp3) is 0.562. The van der Waals surface area contributed by atoms with Gasteiger partial charge in [0.25, 0.3) is 5.91 Å². The molecule has 2 aliphatic rings. The summed E-state index contributed by atoms with van der Waals surface area (Å²) >= 11 is 0. The highest BCUT2D eigenvalue weighted by atomic mass is 16.3. The number of hydrogen-bond donors (Lipinski definition) is 3. The van der Waals surface area contributed by atoms with Gasteiger partial charge in [0.2, 0.25) is 0 Å². The van der Waals surface area contributed by atoms with Crippen LogP contribution in [0.4, 0.5) is 0 Å². The zero-order valence-corrected chi connectivity index (χ0v) is 12.2. The molecule has 0 radical (unpaired) electrons. The molecule has 5 nitrogen and oxygen atoms in total. The first kappa shape index (κ1) is 14.2. The lowest BCUT2D eigenvalue weighted by Gasteiger charge is -2.47. The van der Waals surface area contributed by atoms with Crippen LogP contribution in [0.3, 0.4) is 0 Å². The summed E-state index contributed by atoms with van der Waals surface area (Å²) in [5.74, 6) is -0.750. The predicted molar refractivity (Wildman–Crippen MR) is 79.4 cm³/mol. The first-order valence-electron chi connectivity index (χ1n) is 7.60. The Morgan fingerprint density at radius 3 is 2.33 bits per heavy atom. The van der Waals surface area contributed by atoms with E-state index in [1.54, 1.807) is 0 Å². The molecule has 3 rings (SSSR count). The third kappa shape index (κ3) is 2.70. The van der Waals surface area contributed by atoms with E-state index in [0.29, 0.717) is 12.1 Å². The molecule has 114 valence electrons. The van der Waals surface area contributed by atoms with Gasteiger partial charge >= 0.3 is 0 Å². The second-order valence-corrected chi connectivity index (χ2v) is 6.22. The van der Waals surface area contributed by atoms with Crippen molar-refractivity contribution in [2.24, 2.45) is 0 Å². The summed E-state index contributed by atoms with van der Waals surface area (Å²) in [5, 5.41) is 22.5. The van der Waals surface area contributed by atoms with E-state index in [0.717, 1.165) is 12.8 Å². The topological polar surface area (TPSA) is 72.8 Å². The molecule has 1 amide bonds. The molecule has 1 aromatic carbocycles. The van der Waals surface area contributed by atoms with E-state index in [1.807, 2.05) is 0 Å². The summed E-state index contributed by atoms with van der Waals surface area (Å²) < 4.78 is 0. The number of hydrogen-bond acceptors (Lipinski definition) is 4. The SMILES string of the molecule is CN1C2CCCC1CC(NC(=O)c1c(O)cccc1O)C2. The van der Waals surface area contributed by atoms with Gasteiger partial charge in [0, 0.05) is 18.1 Å². The number of aromatic hydroxyl groups is 2. The van der Waals surface area contributed by atoms with E-state index in [1.165, 1.54) is 37.5 Å². The molecule has 2 unspecified atom stereocenters. The van der Waals surface area contributed by atoms with E-state index in [2.05, 4.69) is 17.3 Å². The van der Waals surface area contributed by atoms with Crippen LogP contribution in [0, 0.1) is 0 Å². The van der Waals surface area contributed by atoms with Crippen molar-refractivity contribution in [3.63, 3.8) is 0 Å². The highest BCUT2D eigenvalue weighted by Crippen LogP contribution is 2.33. The van der Waals surface area contributed by atoms with Crippen LogP contribution < -0.4 is 5.32 Å². The maximum absolute atomic E-state index is 12.3. The third-order valence-electron chi connectivity index (χ3n) is 4.92. The number of nitrogens with one attached hydrogen (secondary N) is 1. The van der Waals surface area contributed by atoms with Crippen molar-refractivity contribution in [1.29, 1.82) is 0 Å². The Hall–Kier alpha value is -1.75. The molecule has 1 aromatic rings. The van der Waals surface area contributed by atoms with E-state index in [9.17, 15) is 15.0 Å². The maximum Gasteiger partial charge on any atom is 0.259 e. The number of piperidine rings is 2. The average Bonchev–Trinajstić information content (AvgIpc) is 2.39. The standard InChI is InChI=1S/C16H22N2O3/c1-18-11-4-2-5-12(18)9-10(8-11)17-16(21)15-13(19)6-3-7-14(15)20/h3,6-7,10-12,19-20H,2,4-5,8-9H2,1H3,(H,17,21). The van der Waals surface area contributed by atoms with Gasteiger partial charge in [0.05, 0.1) is 0 Å². The minimum Gasteiger partial charge on any atom is -0.507 e. The fourth-order valence-electron chi connectivity index (χ4n) is 3.75. The van der Waals surface area contributed by atoms with Crippen molar-refractivity contribution in [1.82, 2.24) is 10.2 Å². The molecule has 2 saturated heterocycles. The second kappa shape index (κ2) is 5.56. The van der Waals surface area contributed by atoms with Crippen LogP contribution in [0.25, 0.3) is 0 Å². The summed E-state index contributed by atoms with van der Waals surface area (Å²) in [6, 6.07) is 5.52. The zero-order valence-electron chi connectivity index (χ0n) is 12.2. The number of benzene rings is 1. The first-order valence-corrected chi connectivity index (χ1v) is 7.60. The van der Waals surface area contributed by atoms with Gasteiger partial charge in [-0.1, -0.05) is 12.5 Å². The molecule has 2 bridgehead atoms. The van der Waals surface area contributed by atoms with Crippen molar-refractivity contribution in [3.05, 3.63) is 23.8 Å². The van der Waals surface area contributed by atoms with Crippen LogP contribution in [0.1, 0.15) is 42.5 Å². The van der Waals surface area contributed by atoms with E-state index >= 15 is 0 Å². The van der Waals surface area contributed by atoms with Gasteiger partial charge in [-0.25, -0.2) is 0 Å². The lowest BCUT2D eigenvalue weighted by Crippen LogP contribution is -2.55. The summed E-state index contributed by atoms with van der Waals surface area (Å²) in [7, 11) is 2.17. The summed E-state index contributed by atoms with van der Waals surface area (Å²) in [4.78, 5) is 14.7. The van der Waals surface area contributed by atoms with Gasteiger partial charge in [-0.15, -0.1) is 0 Å². The quantitative estimate of drug-likeness (QED) is 0.777. The smallest absolute Gasteiger partial charge is 0.259 e. The predicted octanol–water partition coefficient (Wildman–Crippen LogP) is 1.84. The van der Waals surface area contributed by atoms with Crippen LogP contribution in [0.5, 0.6) is 11.5 Å². The molecule has 2 fully saturated rings. The second-order valence-electron chi connectivity index (χ2n) is 6.22. The van der Waals surface area contributed by atoms with Gasteiger partial charge in [-0.2, -0.15) is 0 Å². The van der Waals surface area contributed by atoms with Crippen molar-refractivity contribution in [2.75, 3.05) is 7.05 Å². The minimum absolute atomic E-state index is 0.0263. The molecular weight excluding hydrogens is 268 g/mol. The van der Waals surface area contributed by atoms with Crippen LogP contribution in [0.15, 0.2) is 18.2 Å². The van der Waals surface area contributed by atoms with Crippen molar-refractivity contribution < 1.29 is 15.0 Å².